The molecule has 21 heavy (non-hydrogen) atoms. The van der Waals surface area contributed by atoms with Gasteiger partial charge in [0.25, 0.3) is 0 Å². The molecule has 4 nitrogen and oxygen atoms in total. The van der Waals surface area contributed by atoms with Crippen LogP contribution in [0.3, 0.4) is 0 Å². The first-order chi connectivity index (χ1) is 10.2. The fraction of sp³-hybridized carbons (Fsp3) is 0.200. The van der Waals surface area contributed by atoms with Gasteiger partial charge in [-0.3, -0.25) is 0 Å². The first-order valence-corrected chi connectivity index (χ1v) is 8.18. The van der Waals surface area contributed by atoms with Gasteiger partial charge >= 0.3 is 0 Å². The lowest BCUT2D eigenvalue weighted by Gasteiger charge is -2.33. The van der Waals surface area contributed by atoms with E-state index in [-0.39, 0.29) is 0 Å². The van der Waals surface area contributed by atoms with E-state index in [1.54, 1.807) is 6.07 Å². The fourth-order valence-electron chi connectivity index (χ4n) is 2.49. The van der Waals surface area contributed by atoms with Gasteiger partial charge in [0.1, 0.15) is 0 Å². The first-order valence-electron chi connectivity index (χ1n) is 6.65. The van der Waals surface area contributed by atoms with Gasteiger partial charge in [0.05, 0.1) is 32.0 Å². The second-order valence-electron chi connectivity index (χ2n) is 4.75. The predicted octanol–water partition coefficient (Wildman–Crippen LogP) is 3.44. The molecule has 0 saturated heterocycles. The van der Waals surface area contributed by atoms with Crippen molar-refractivity contribution in [2.45, 2.75) is 16.2 Å². The summed E-state index contributed by atoms with van der Waals surface area (Å²) in [7, 11) is -1.20. The number of halogens is 1. The van der Waals surface area contributed by atoms with Gasteiger partial charge in [-0.25, -0.2) is 4.21 Å². The molecule has 0 amide bonds. The van der Waals surface area contributed by atoms with Crippen molar-refractivity contribution < 1.29 is 4.21 Å². The Bertz CT molecular complexity index is 693. The molecule has 1 aliphatic rings. The minimum absolute atomic E-state index is 0.387. The summed E-state index contributed by atoms with van der Waals surface area (Å²) in [6, 6.07) is 13.0. The number of rotatable bonds is 4. The van der Waals surface area contributed by atoms with Crippen LogP contribution >= 0.6 is 11.6 Å². The molecule has 6 heteroatoms. The second kappa shape index (κ2) is 6.15. The van der Waals surface area contributed by atoms with E-state index < -0.39 is 10.8 Å². The zero-order valence-electron chi connectivity index (χ0n) is 11.2. The molecule has 0 aliphatic carbocycles. The highest BCUT2D eigenvalue weighted by atomic mass is 35.5. The average molecular weight is 322 g/mol. The van der Waals surface area contributed by atoms with Crippen molar-refractivity contribution in [2.24, 2.45) is 0 Å². The molecule has 1 aliphatic heterocycles. The van der Waals surface area contributed by atoms with Crippen LogP contribution in [0.5, 0.6) is 0 Å². The lowest BCUT2D eigenvalue weighted by Crippen LogP contribution is -2.26. The number of hydroxylamine groups is 1. The fourth-order valence-corrected chi connectivity index (χ4v) is 4.02. The number of para-hydroxylation sites is 1. The van der Waals surface area contributed by atoms with E-state index in [0.29, 0.717) is 24.5 Å². The Morgan fingerprint density at radius 2 is 1.90 bits per heavy atom. The molecule has 1 heterocycles. The highest BCUT2D eigenvalue weighted by molar-refractivity contribution is 7.85. The van der Waals surface area contributed by atoms with E-state index in [2.05, 4.69) is 4.90 Å². The molecule has 0 radical (unpaired) electrons. The van der Waals surface area contributed by atoms with Crippen LogP contribution in [0.25, 0.3) is 0 Å². The summed E-state index contributed by atoms with van der Waals surface area (Å²) in [6.45, 7) is 1.05. The van der Waals surface area contributed by atoms with Crippen molar-refractivity contribution in [3.8, 4) is 0 Å². The lowest BCUT2D eigenvalue weighted by molar-refractivity contribution is 0.679. The van der Waals surface area contributed by atoms with Gasteiger partial charge in [0, 0.05) is 11.6 Å². The number of nitrogens with zero attached hydrogens (tertiary/aromatic N) is 1. The van der Waals surface area contributed by atoms with Crippen LogP contribution in [0.2, 0.25) is 5.02 Å². The van der Waals surface area contributed by atoms with Crippen molar-refractivity contribution >= 4 is 33.8 Å². The van der Waals surface area contributed by atoms with E-state index in [4.69, 9.17) is 11.6 Å². The molecule has 0 saturated carbocycles. The largest absolute Gasteiger partial charge is 0.788 e. The zero-order valence-corrected chi connectivity index (χ0v) is 12.8. The predicted molar refractivity (Wildman–Crippen MR) is 85.6 cm³/mol. The molecule has 0 bridgehead atoms. The van der Waals surface area contributed by atoms with Gasteiger partial charge in [-0.05, 0) is 43.3 Å². The van der Waals surface area contributed by atoms with Crippen LogP contribution in [0.4, 0.5) is 11.4 Å². The summed E-state index contributed by atoms with van der Waals surface area (Å²) in [5, 5.41) is 11.0. The number of hydrogen-bond acceptors (Lipinski definition) is 4. The third-order valence-corrected chi connectivity index (χ3v) is 5.15. The van der Waals surface area contributed by atoms with Crippen molar-refractivity contribution in [2.75, 3.05) is 18.0 Å². The van der Waals surface area contributed by atoms with Crippen LogP contribution in [0.15, 0.2) is 52.3 Å². The van der Waals surface area contributed by atoms with Crippen LogP contribution < -0.4 is 10.4 Å². The maximum absolute atomic E-state index is 12.7. The van der Waals surface area contributed by atoms with Crippen LogP contribution in [0.1, 0.15) is 6.42 Å². The van der Waals surface area contributed by atoms with Crippen molar-refractivity contribution in [1.82, 2.24) is 5.48 Å². The van der Waals surface area contributed by atoms with Gasteiger partial charge in [-0.15, -0.1) is 0 Å². The summed E-state index contributed by atoms with van der Waals surface area (Å²) >= 11 is 6.09. The Morgan fingerprint density at radius 1 is 1.14 bits per heavy atom. The highest BCUT2D eigenvalue weighted by Crippen LogP contribution is 2.42. The maximum atomic E-state index is 12.7. The Balaban J connectivity index is 2.08. The quantitative estimate of drug-likeness (QED) is 0.692. The third kappa shape index (κ3) is 2.70. The van der Waals surface area contributed by atoms with E-state index in [1.807, 2.05) is 41.9 Å². The standard InChI is InChI=1S/C15H14ClN2O2S/c16-11-6-7-15-13(10-11)18(9-3-8-17-19)12-4-1-2-5-14(12)21(15)20/h1-2,4-7,10,17H,3,8-9H2/q-1. The lowest BCUT2D eigenvalue weighted by atomic mass is 10.2. The smallest absolute Gasteiger partial charge is 0.0892 e. The van der Waals surface area contributed by atoms with E-state index >= 15 is 0 Å². The molecule has 2 aromatic carbocycles. The summed E-state index contributed by atoms with van der Waals surface area (Å²) in [6.07, 6.45) is 0.691. The number of fused-ring (bicyclic) bond motifs is 2. The van der Waals surface area contributed by atoms with E-state index in [1.165, 1.54) is 0 Å². The number of benzene rings is 2. The molecule has 110 valence electrons. The third-order valence-electron chi connectivity index (χ3n) is 3.43. The molecular weight excluding hydrogens is 308 g/mol. The zero-order chi connectivity index (χ0) is 14.8. The van der Waals surface area contributed by atoms with Crippen molar-refractivity contribution in [3.63, 3.8) is 0 Å². The summed E-state index contributed by atoms with van der Waals surface area (Å²) < 4.78 is 12.7. The SMILES string of the molecule is O=S1c2ccccc2N(CCCN[O-])c2cc(Cl)ccc21. The van der Waals surface area contributed by atoms with E-state index in [9.17, 15) is 9.42 Å². The number of hydrogen-bond donors (Lipinski definition) is 1. The van der Waals surface area contributed by atoms with E-state index in [0.717, 1.165) is 21.2 Å². The van der Waals surface area contributed by atoms with Gasteiger partial charge in [0.15, 0.2) is 0 Å². The molecular formula is C15H14ClN2O2S-. The molecule has 0 aromatic heterocycles. The maximum Gasteiger partial charge on any atom is 0.0892 e. The van der Waals surface area contributed by atoms with Gasteiger partial charge in [-0.2, -0.15) is 0 Å². The number of nitrogens with one attached hydrogen (secondary N) is 1. The molecule has 0 fully saturated rings. The van der Waals surface area contributed by atoms with Crippen molar-refractivity contribution in [1.29, 1.82) is 0 Å². The topological polar surface area (TPSA) is 55.4 Å². The highest BCUT2D eigenvalue weighted by Gasteiger charge is 2.27. The molecule has 2 aromatic rings. The Kier molecular flexibility index (Phi) is 4.26. The summed E-state index contributed by atoms with van der Waals surface area (Å²) in [4.78, 5) is 3.63. The Hall–Kier alpha value is -1.40. The summed E-state index contributed by atoms with van der Waals surface area (Å²) in [5.74, 6) is 0. The second-order valence-corrected chi connectivity index (χ2v) is 6.60. The Labute approximate surface area is 130 Å². The van der Waals surface area contributed by atoms with Crippen molar-refractivity contribution in [3.05, 3.63) is 52.7 Å². The molecule has 3 rings (SSSR count). The first kappa shape index (κ1) is 14.5. The molecule has 1 unspecified atom stereocenters. The monoisotopic (exact) mass is 321 g/mol. The van der Waals surface area contributed by atoms with Crippen LogP contribution in [0, 0.1) is 5.21 Å². The molecule has 1 N–H and O–H groups in total. The Morgan fingerprint density at radius 3 is 2.71 bits per heavy atom. The van der Waals surface area contributed by atoms with Crippen LogP contribution in [-0.4, -0.2) is 17.3 Å². The molecule has 1 atom stereocenters. The average Bonchev–Trinajstić information content (AvgIpc) is 2.50. The minimum atomic E-state index is -1.20. The molecule has 0 spiro atoms. The summed E-state index contributed by atoms with van der Waals surface area (Å²) in [5.41, 5.74) is 3.68. The number of anilines is 2. The normalized spacial score (nSPS) is 16.5. The van der Waals surface area contributed by atoms with Gasteiger partial charge in [-0.1, -0.05) is 23.7 Å². The van der Waals surface area contributed by atoms with Crippen LogP contribution in [-0.2, 0) is 10.8 Å². The van der Waals surface area contributed by atoms with Gasteiger partial charge in [0.2, 0.25) is 0 Å². The minimum Gasteiger partial charge on any atom is -0.788 e. The van der Waals surface area contributed by atoms with Gasteiger partial charge < -0.3 is 15.6 Å².